The van der Waals surface area contributed by atoms with Crippen molar-refractivity contribution in [3.8, 4) is 5.75 Å². The molecule has 0 aromatic heterocycles. The van der Waals surface area contributed by atoms with E-state index in [-0.39, 0.29) is 17.8 Å². The molecule has 1 heterocycles. The number of hydrogen-bond donors (Lipinski definition) is 3. The molecule has 1 aliphatic heterocycles. The number of morpholine rings is 1. The van der Waals surface area contributed by atoms with Gasteiger partial charge in [0, 0.05) is 25.2 Å². The van der Waals surface area contributed by atoms with Crippen molar-refractivity contribution in [3.63, 3.8) is 0 Å². The fraction of sp³-hybridized carbons (Fsp3) is 0.462. The summed E-state index contributed by atoms with van der Waals surface area (Å²) in [5.74, 6) is -0.0577. The van der Waals surface area contributed by atoms with Crippen molar-refractivity contribution < 1.29 is 14.6 Å². The first kappa shape index (κ1) is 12.9. The second-order valence-corrected chi connectivity index (χ2v) is 4.41. The Morgan fingerprint density at radius 1 is 1.61 bits per heavy atom. The van der Waals surface area contributed by atoms with Crippen molar-refractivity contribution >= 4 is 5.91 Å². The average Bonchev–Trinajstić information content (AvgIpc) is 2.40. The van der Waals surface area contributed by atoms with E-state index in [0.29, 0.717) is 18.7 Å². The molecule has 1 atom stereocenters. The molecule has 18 heavy (non-hydrogen) atoms. The average molecular weight is 250 g/mol. The smallest absolute Gasteiger partial charge is 0.251 e. The summed E-state index contributed by atoms with van der Waals surface area (Å²) in [6, 6.07) is 4.90. The van der Waals surface area contributed by atoms with Gasteiger partial charge in [-0.2, -0.15) is 0 Å². The summed E-state index contributed by atoms with van der Waals surface area (Å²) in [5, 5.41) is 15.6. The fourth-order valence-electron chi connectivity index (χ4n) is 1.81. The van der Waals surface area contributed by atoms with Gasteiger partial charge in [0.1, 0.15) is 5.75 Å². The first-order valence-corrected chi connectivity index (χ1v) is 6.07. The minimum Gasteiger partial charge on any atom is -0.508 e. The maximum absolute atomic E-state index is 11.9. The van der Waals surface area contributed by atoms with Crippen molar-refractivity contribution in [2.75, 3.05) is 26.2 Å². The third-order valence-corrected chi connectivity index (χ3v) is 2.97. The summed E-state index contributed by atoms with van der Waals surface area (Å²) < 4.78 is 5.48. The summed E-state index contributed by atoms with van der Waals surface area (Å²) in [5.41, 5.74) is 1.22. The maximum Gasteiger partial charge on any atom is 0.251 e. The first-order chi connectivity index (χ1) is 8.66. The number of aryl methyl sites for hydroxylation is 1. The van der Waals surface area contributed by atoms with Gasteiger partial charge in [-0.1, -0.05) is 6.07 Å². The molecule has 0 radical (unpaired) electrons. The molecule has 1 aromatic carbocycles. The van der Waals surface area contributed by atoms with Gasteiger partial charge in [-0.15, -0.1) is 0 Å². The topological polar surface area (TPSA) is 70.6 Å². The first-order valence-electron chi connectivity index (χ1n) is 6.07. The molecule has 3 N–H and O–H groups in total. The molecule has 5 nitrogen and oxygen atoms in total. The molecular formula is C13H18N2O3. The monoisotopic (exact) mass is 250 g/mol. The van der Waals surface area contributed by atoms with Crippen LogP contribution in [0.4, 0.5) is 0 Å². The molecular weight excluding hydrogens is 232 g/mol. The lowest BCUT2D eigenvalue weighted by molar-refractivity contribution is 0.0287. The number of nitrogens with one attached hydrogen (secondary N) is 2. The molecule has 1 fully saturated rings. The fourth-order valence-corrected chi connectivity index (χ4v) is 1.81. The molecule has 1 saturated heterocycles. The van der Waals surface area contributed by atoms with Crippen molar-refractivity contribution in [1.29, 1.82) is 0 Å². The van der Waals surface area contributed by atoms with Crippen LogP contribution in [0, 0.1) is 6.92 Å². The highest BCUT2D eigenvalue weighted by molar-refractivity contribution is 5.94. The number of hydrogen-bond acceptors (Lipinski definition) is 4. The molecule has 1 amide bonds. The van der Waals surface area contributed by atoms with Gasteiger partial charge in [-0.25, -0.2) is 0 Å². The van der Waals surface area contributed by atoms with Crippen LogP contribution in [0.25, 0.3) is 0 Å². The van der Waals surface area contributed by atoms with E-state index in [1.807, 2.05) is 0 Å². The molecule has 0 bridgehead atoms. The summed E-state index contributed by atoms with van der Waals surface area (Å²) in [6.07, 6.45) is 0.0155. The number of phenols is 1. The second kappa shape index (κ2) is 5.84. The Labute approximate surface area is 106 Å². The molecule has 1 unspecified atom stereocenters. The van der Waals surface area contributed by atoms with Gasteiger partial charge in [0.05, 0.1) is 12.7 Å². The zero-order valence-electron chi connectivity index (χ0n) is 10.4. The predicted molar refractivity (Wildman–Crippen MR) is 67.8 cm³/mol. The van der Waals surface area contributed by atoms with E-state index >= 15 is 0 Å². The number of amides is 1. The zero-order valence-corrected chi connectivity index (χ0v) is 10.4. The molecule has 0 aliphatic carbocycles. The van der Waals surface area contributed by atoms with E-state index in [9.17, 15) is 9.90 Å². The number of rotatable bonds is 3. The Balaban J connectivity index is 1.88. The number of phenolic OH excluding ortho intramolecular Hbond substituents is 1. The Morgan fingerprint density at radius 3 is 3.11 bits per heavy atom. The molecule has 98 valence electrons. The maximum atomic E-state index is 11.9. The summed E-state index contributed by atoms with van der Waals surface area (Å²) in [7, 11) is 0. The molecule has 2 rings (SSSR count). The summed E-state index contributed by atoms with van der Waals surface area (Å²) >= 11 is 0. The quantitative estimate of drug-likeness (QED) is 0.727. The normalized spacial score (nSPS) is 19.5. The standard InChI is InChI=1S/C13H18N2O3/c1-9-2-3-10(6-12(9)16)13(17)15-8-11-7-14-4-5-18-11/h2-3,6,11,14,16H,4-5,7-8H2,1H3,(H,15,17). The van der Waals surface area contributed by atoms with Crippen LogP contribution >= 0.6 is 0 Å². The van der Waals surface area contributed by atoms with Crippen LogP contribution in [0.2, 0.25) is 0 Å². The molecule has 1 aromatic rings. The van der Waals surface area contributed by atoms with Crippen LogP contribution in [0.5, 0.6) is 5.75 Å². The number of carbonyl (C=O) groups excluding carboxylic acids is 1. The summed E-state index contributed by atoms with van der Waals surface area (Å²) in [4.78, 5) is 11.9. The molecule has 0 saturated carbocycles. The third kappa shape index (κ3) is 3.21. The Bertz CT molecular complexity index is 428. The number of aromatic hydroxyl groups is 1. The summed E-state index contributed by atoms with van der Waals surface area (Å²) in [6.45, 7) is 4.54. The van der Waals surface area contributed by atoms with E-state index < -0.39 is 0 Å². The number of benzene rings is 1. The van der Waals surface area contributed by atoms with E-state index in [2.05, 4.69) is 10.6 Å². The molecule has 0 spiro atoms. The lowest BCUT2D eigenvalue weighted by Crippen LogP contribution is -2.45. The highest BCUT2D eigenvalue weighted by atomic mass is 16.5. The van der Waals surface area contributed by atoms with Gasteiger partial charge in [0.2, 0.25) is 0 Å². The minimum atomic E-state index is -0.195. The lowest BCUT2D eigenvalue weighted by Gasteiger charge is -2.23. The van der Waals surface area contributed by atoms with Crippen molar-refractivity contribution in [2.45, 2.75) is 13.0 Å². The van der Waals surface area contributed by atoms with E-state index in [0.717, 1.165) is 18.7 Å². The van der Waals surface area contributed by atoms with E-state index in [1.165, 1.54) is 6.07 Å². The van der Waals surface area contributed by atoms with Crippen LogP contribution < -0.4 is 10.6 Å². The van der Waals surface area contributed by atoms with E-state index in [1.54, 1.807) is 19.1 Å². The van der Waals surface area contributed by atoms with Gasteiger partial charge >= 0.3 is 0 Å². The van der Waals surface area contributed by atoms with Crippen LogP contribution in [0.1, 0.15) is 15.9 Å². The SMILES string of the molecule is Cc1ccc(C(=O)NCC2CNCCO2)cc1O. The number of carbonyl (C=O) groups is 1. The van der Waals surface area contributed by atoms with Crippen LogP contribution in [0.3, 0.4) is 0 Å². The zero-order chi connectivity index (χ0) is 13.0. The third-order valence-electron chi connectivity index (χ3n) is 2.97. The molecule has 1 aliphatic rings. The lowest BCUT2D eigenvalue weighted by atomic mass is 10.1. The number of ether oxygens (including phenoxy) is 1. The van der Waals surface area contributed by atoms with Crippen LogP contribution in [-0.2, 0) is 4.74 Å². The Morgan fingerprint density at radius 2 is 2.44 bits per heavy atom. The second-order valence-electron chi connectivity index (χ2n) is 4.41. The minimum absolute atomic E-state index is 0.0155. The van der Waals surface area contributed by atoms with Crippen LogP contribution in [0.15, 0.2) is 18.2 Å². The van der Waals surface area contributed by atoms with Gasteiger partial charge in [-0.05, 0) is 24.6 Å². The van der Waals surface area contributed by atoms with Crippen molar-refractivity contribution in [1.82, 2.24) is 10.6 Å². The van der Waals surface area contributed by atoms with Crippen molar-refractivity contribution in [2.24, 2.45) is 0 Å². The highest BCUT2D eigenvalue weighted by Crippen LogP contribution is 2.17. The van der Waals surface area contributed by atoms with Gasteiger partial charge in [-0.3, -0.25) is 4.79 Å². The van der Waals surface area contributed by atoms with E-state index in [4.69, 9.17) is 4.74 Å². The molecule has 5 heteroatoms. The largest absolute Gasteiger partial charge is 0.508 e. The van der Waals surface area contributed by atoms with Gasteiger partial charge in [0.25, 0.3) is 5.91 Å². The van der Waals surface area contributed by atoms with Gasteiger partial charge < -0.3 is 20.5 Å². The van der Waals surface area contributed by atoms with Gasteiger partial charge in [0.15, 0.2) is 0 Å². The predicted octanol–water partition coefficient (Wildman–Crippen LogP) is 0.419. The van der Waals surface area contributed by atoms with Crippen molar-refractivity contribution in [3.05, 3.63) is 29.3 Å². The Hall–Kier alpha value is -1.59. The van der Waals surface area contributed by atoms with Crippen LogP contribution in [-0.4, -0.2) is 43.4 Å². The highest BCUT2D eigenvalue weighted by Gasteiger charge is 2.15. The Kier molecular flexibility index (Phi) is 4.17.